The van der Waals surface area contributed by atoms with Crippen molar-refractivity contribution in [2.75, 3.05) is 5.88 Å². The first-order chi connectivity index (χ1) is 3.31. The lowest BCUT2D eigenvalue weighted by Gasteiger charge is -1.78. The zero-order valence-corrected chi connectivity index (χ0v) is 4.36. The molecule has 2 nitrogen and oxygen atoms in total. The second-order valence-electron chi connectivity index (χ2n) is 0.993. The predicted molar refractivity (Wildman–Crippen MR) is 26.0 cm³/mol. The van der Waals surface area contributed by atoms with Crippen molar-refractivity contribution in [3.05, 3.63) is 0 Å². The second kappa shape index (κ2) is 3.81. The number of Topliss-reactive ketones (excluding diaryl/α,β-unsaturated/α-hetero) is 1. The number of halogens is 1. The molecule has 3 heteroatoms. The van der Waals surface area contributed by atoms with Crippen LogP contribution in [0.3, 0.4) is 0 Å². The Hall–Kier alpha value is -0.370. The summed E-state index contributed by atoms with van der Waals surface area (Å²) in [7, 11) is 0. The molecular formula is C4H4ClO2. The Labute approximate surface area is 46.5 Å². The van der Waals surface area contributed by atoms with Crippen molar-refractivity contribution in [1.29, 1.82) is 0 Å². The zero-order chi connectivity index (χ0) is 5.70. The van der Waals surface area contributed by atoms with E-state index in [1.165, 1.54) is 6.29 Å². The van der Waals surface area contributed by atoms with Crippen LogP contribution in [0.15, 0.2) is 0 Å². The Kier molecular flexibility index (Phi) is 3.61. The van der Waals surface area contributed by atoms with Crippen LogP contribution in [-0.2, 0) is 9.59 Å². The van der Waals surface area contributed by atoms with Gasteiger partial charge in [0.25, 0.3) is 0 Å². The molecule has 0 rings (SSSR count). The fraction of sp³-hybridized carbons (Fsp3) is 0.500. The highest BCUT2D eigenvalue weighted by molar-refractivity contribution is 6.28. The molecule has 7 heavy (non-hydrogen) atoms. The van der Waals surface area contributed by atoms with E-state index >= 15 is 0 Å². The summed E-state index contributed by atoms with van der Waals surface area (Å²) in [6, 6.07) is 0. The maximum atomic E-state index is 10.0. The molecule has 0 atom stereocenters. The molecule has 1 radical (unpaired) electrons. The molecule has 0 aliphatic heterocycles. The van der Waals surface area contributed by atoms with Crippen LogP contribution in [0, 0.1) is 0 Å². The topological polar surface area (TPSA) is 34.1 Å². The minimum atomic E-state index is -0.281. The lowest BCUT2D eigenvalue weighted by atomic mass is 10.3. The number of carbonyl (C=O) groups is 1. The Morgan fingerprint density at radius 2 is 2.29 bits per heavy atom. The van der Waals surface area contributed by atoms with Gasteiger partial charge in [0.1, 0.15) is 0 Å². The quantitative estimate of drug-likeness (QED) is 0.395. The molecule has 0 spiro atoms. The molecule has 0 unspecified atom stereocenters. The van der Waals surface area contributed by atoms with Gasteiger partial charge in [-0.05, 0) is 0 Å². The highest BCUT2D eigenvalue weighted by atomic mass is 35.5. The molecule has 0 aromatic heterocycles. The fourth-order valence-corrected chi connectivity index (χ4v) is 0.222. The highest BCUT2D eigenvalue weighted by Gasteiger charge is 1.94. The molecule has 0 saturated heterocycles. The van der Waals surface area contributed by atoms with Crippen molar-refractivity contribution in [1.82, 2.24) is 0 Å². The van der Waals surface area contributed by atoms with E-state index in [0.29, 0.717) is 0 Å². The monoisotopic (exact) mass is 119 g/mol. The van der Waals surface area contributed by atoms with E-state index < -0.39 is 0 Å². The average Bonchev–Trinajstić information content (AvgIpc) is 1.68. The maximum absolute atomic E-state index is 10.0. The number of ketones is 1. The SMILES string of the molecule is O=[C]CC(=O)CCl. The fourth-order valence-electron chi connectivity index (χ4n) is 0.128. The Morgan fingerprint density at radius 1 is 1.71 bits per heavy atom. The molecule has 0 fully saturated rings. The molecule has 0 aromatic carbocycles. The van der Waals surface area contributed by atoms with E-state index in [-0.39, 0.29) is 18.1 Å². The molecule has 0 bridgehead atoms. The van der Waals surface area contributed by atoms with Crippen molar-refractivity contribution in [3.63, 3.8) is 0 Å². The van der Waals surface area contributed by atoms with Crippen molar-refractivity contribution >= 4 is 23.7 Å². The summed E-state index contributed by atoms with van der Waals surface area (Å²) in [6.45, 7) is 0. The van der Waals surface area contributed by atoms with Gasteiger partial charge in [0.15, 0.2) is 5.78 Å². The molecule has 39 valence electrons. The first-order valence-electron chi connectivity index (χ1n) is 1.74. The van der Waals surface area contributed by atoms with E-state index in [0.717, 1.165) is 0 Å². The molecule has 0 saturated carbocycles. The summed E-state index contributed by atoms with van der Waals surface area (Å²) >= 11 is 5.00. The zero-order valence-electron chi connectivity index (χ0n) is 3.61. The third kappa shape index (κ3) is 3.46. The Balaban J connectivity index is 3.17. The van der Waals surface area contributed by atoms with Crippen molar-refractivity contribution in [3.8, 4) is 0 Å². The Bertz CT molecular complexity index is 79.8. The largest absolute Gasteiger partial charge is 0.298 e. The summed E-state index contributed by atoms with van der Waals surface area (Å²) in [5.41, 5.74) is 0. The van der Waals surface area contributed by atoms with E-state index in [4.69, 9.17) is 11.6 Å². The van der Waals surface area contributed by atoms with Crippen LogP contribution >= 0.6 is 11.6 Å². The number of hydrogen-bond acceptors (Lipinski definition) is 2. The van der Waals surface area contributed by atoms with Crippen LogP contribution in [0.4, 0.5) is 0 Å². The summed E-state index contributed by atoms with van der Waals surface area (Å²) in [5.74, 6) is -0.369. The standard InChI is InChI=1S/C4H4ClO2/c5-3-4(7)1-2-6/h1,3H2. The van der Waals surface area contributed by atoms with E-state index in [9.17, 15) is 9.59 Å². The normalized spacial score (nSPS) is 8.14. The predicted octanol–water partition coefficient (Wildman–Crippen LogP) is 0.294. The summed E-state index contributed by atoms with van der Waals surface area (Å²) in [5, 5.41) is 0. The third-order valence-electron chi connectivity index (χ3n) is 0.418. The van der Waals surface area contributed by atoms with Crippen molar-refractivity contribution < 1.29 is 9.59 Å². The third-order valence-corrected chi connectivity index (χ3v) is 0.716. The smallest absolute Gasteiger partial charge is 0.206 e. The number of rotatable bonds is 3. The van der Waals surface area contributed by atoms with Crippen LogP contribution < -0.4 is 0 Å². The molecule has 0 aliphatic rings. The number of alkyl halides is 1. The van der Waals surface area contributed by atoms with Crippen molar-refractivity contribution in [2.24, 2.45) is 0 Å². The van der Waals surface area contributed by atoms with E-state index in [1.807, 2.05) is 0 Å². The number of carbonyl (C=O) groups excluding carboxylic acids is 2. The lowest BCUT2D eigenvalue weighted by Crippen LogP contribution is -1.97. The highest BCUT2D eigenvalue weighted by Crippen LogP contribution is 1.80. The molecule has 0 aliphatic carbocycles. The lowest BCUT2D eigenvalue weighted by molar-refractivity contribution is -0.115. The van der Waals surface area contributed by atoms with Crippen LogP contribution in [0.1, 0.15) is 6.42 Å². The van der Waals surface area contributed by atoms with Crippen LogP contribution in [-0.4, -0.2) is 17.9 Å². The average molecular weight is 120 g/mol. The van der Waals surface area contributed by atoms with Gasteiger partial charge >= 0.3 is 0 Å². The molecule has 0 N–H and O–H groups in total. The summed E-state index contributed by atoms with van der Waals surface area (Å²) in [6.07, 6.45) is 1.26. The first kappa shape index (κ1) is 6.63. The van der Waals surface area contributed by atoms with Gasteiger partial charge in [-0.3, -0.25) is 9.59 Å². The minimum absolute atomic E-state index is 0.0881. The van der Waals surface area contributed by atoms with Gasteiger partial charge in [-0.2, -0.15) is 0 Å². The van der Waals surface area contributed by atoms with Gasteiger partial charge in [-0.15, -0.1) is 11.6 Å². The van der Waals surface area contributed by atoms with Gasteiger partial charge in [-0.25, -0.2) is 0 Å². The Morgan fingerprint density at radius 3 is 2.43 bits per heavy atom. The molecule has 0 heterocycles. The summed E-state index contributed by atoms with van der Waals surface area (Å²) < 4.78 is 0. The molecule has 0 amide bonds. The van der Waals surface area contributed by atoms with Gasteiger partial charge < -0.3 is 0 Å². The van der Waals surface area contributed by atoms with Gasteiger partial charge in [-0.1, -0.05) is 0 Å². The summed E-state index contributed by atoms with van der Waals surface area (Å²) in [4.78, 5) is 19.4. The van der Waals surface area contributed by atoms with E-state index in [2.05, 4.69) is 0 Å². The van der Waals surface area contributed by atoms with Gasteiger partial charge in [0.2, 0.25) is 6.29 Å². The van der Waals surface area contributed by atoms with Crippen LogP contribution in [0.25, 0.3) is 0 Å². The molecular weight excluding hydrogens is 115 g/mol. The van der Waals surface area contributed by atoms with E-state index in [1.54, 1.807) is 0 Å². The number of hydrogen-bond donors (Lipinski definition) is 0. The minimum Gasteiger partial charge on any atom is -0.298 e. The first-order valence-corrected chi connectivity index (χ1v) is 2.27. The van der Waals surface area contributed by atoms with Crippen LogP contribution in [0.5, 0.6) is 0 Å². The molecule has 0 aromatic rings. The maximum Gasteiger partial charge on any atom is 0.206 e. The van der Waals surface area contributed by atoms with Crippen LogP contribution in [0.2, 0.25) is 0 Å². The van der Waals surface area contributed by atoms with Crippen molar-refractivity contribution in [2.45, 2.75) is 6.42 Å². The van der Waals surface area contributed by atoms with Gasteiger partial charge in [0, 0.05) is 0 Å². The van der Waals surface area contributed by atoms with Gasteiger partial charge in [0.05, 0.1) is 12.3 Å². The second-order valence-corrected chi connectivity index (χ2v) is 1.26.